The topological polar surface area (TPSA) is 123 Å². The van der Waals surface area contributed by atoms with Crippen LogP contribution in [0.3, 0.4) is 0 Å². The van der Waals surface area contributed by atoms with Crippen molar-refractivity contribution in [3.05, 3.63) is 71.5 Å². The fourth-order valence-electron chi connectivity index (χ4n) is 4.25. The Morgan fingerprint density at radius 3 is 2.21 bits per heavy atom. The van der Waals surface area contributed by atoms with Crippen molar-refractivity contribution in [2.24, 2.45) is 13.0 Å². The number of hydrogen-bond donors (Lipinski definition) is 3. The van der Waals surface area contributed by atoms with Gasteiger partial charge in [-0.2, -0.15) is 5.10 Å². The summed E-state index contributed by atoms with van der Waals surface area (Å²) >= 11 is 0. The summed E-state index contributed by atoms with van der Waals surface area (Å²) in [6, 6.07) is 15.1. The van der Waals surface area contributed by atoms with Gasteiger partial charge < -0.3 is 20.5 Å². The Morgan fingerprint density at radius 1 is 1.06 bits per heavy atom. The van der Waals surface area contributed by atoms with E-state index in [9.17, 15) is 19.5 Å². The summed E-state index contributed by atoms with van der Waals surface area (Å²) < 4.78 is 6.84. The third-order valence-electron chi connectivity index (χ3n) is 5.86. The van der Waals surface area contributed by atoms with Crippen molar-refractivity contribution in [2.45, 2.75) is 25.8 Å². The molecule has 0 saturated heterocycles. The van der Waals surface area contributed by atoms with E-state index in [4.69, 9.17) is 4.74 Å². The van der Waals surface area contributed by atoms with Crippen LogP contribution in [0.15, 0.2) is 54.7 Å². The van der Waals surface area contributed by atoms with Crippen molar-refractivity contribution < 1.29 is 24.2 Å². The second-order valence-corrected chi connectivity index (χ2v) is 8.55. The summed E-state index contributed by atoms with van der Waals surface area (Å²) in [5, 5.41) is 18.3. The molecule has 4 rings (SSSR count). The predicted octanol–water partition coefficient (Wildman–Crippen LogP) is 3.62. The maximum Gasteiger partial charge on any atom is 0.407 e. The molecule has 2 amide bonds. The average molecular weight is 463 g/mol. The van der Waals surface area contributed by atoms with E-state index < -0.39 is 24.0 Å². The van der Waals surface area contributed by atoms with Crippen LogP contribution in [0.5, 0.6) is 0 Å². The van der Waals surface area contributed by atoms with Crippen molar-refractivity contribution in [1.82, 2.24) is 15.1 Å². The zero-order valence-electron chi connectivity index (χ0n) is 19.1. The molecule has 1 aliphatic carbocycles. The molecule has 0 spiro atoms. The quantitative estimate of drug-likeness (QED) is 0.493. The van der Waals surface area contributed by atoms with Gasteiger partial charge >= 0.3 is 12.1 Å². The van der Waals surface area contributed by atoms with E-state index in [1.54, 1.807) is 20.9 Å². The molecule has 1 atom stereocenters. The van der Waals surface area contributed by atoms with Gasteiger partial charge in [-0.25, -0.2) is 9.59 Å². The first-order chi connectivity index (χ1) is 16.3. The van der Waals surface area contributed by atoms with Crippen molar-refractivity contribution in [3.63, 3.8) is 0 Å². The summed E-state index contributed by atoms with van der Waals surface area (Å²) in [6.45, 7) is 3.67. The molecule has 176 valence electrons. The van der Waals surface area contributed by atoms with Gasteiger partial charge in [-0.1, -0.05) is 62.4 Å². The molecule has 34 heavy (non-hydrogen) atoms. The minimum absolute atomic E-state index is 0.0555. The Kier molecular flexibility index (Phi) is 6.36. The Labute approximate surface area is 196 Å². The number of aromatic nitrogens is 2. The molecule has 0 saturated carbocycles. The molecule has 0 fully saturated rings. The van der Waals surface area contributed by atoms with Crippen LogP contribution in [0, 0.1) is 5.92 Å². The number of rotatable bonds is 7. The fourth-order valence-corrected chi connectivity index (χ4v) is 4.25. The highest BCUT2D eigenvalue weighted by Gasteiger charge is 2.31. The zero-order valence-corrected chi connectivity index (χ0v) is 19.1. The van der Waals surface area contributed by atoms with Crippen LogP contribution < -0.4 is 10.6 Å². The number of ether oxygens (including phenoxy) is 1. The van der Waals surface area contributed by atoms with Crippen LogP contribution in [0.25, 0.3) is 11.1 Å². The largest absolute Gasteiger partial charge is 0.476 e. The smallest absolute Gasteiger partial charge is 0.407 e. The number of hydrogen-bond acceptors (Lipinski definition) is 5. The lowest BCUT2D eigenvalue weighted by atomic mass is 9.98. The highest BCUT2D eigenvalue weighted by Crippen LogP contribution is 2.44. The van der Waals surface area contributed by atoms with Gasteiger partial charge in [0.2, 0.25) is 5.91 Å². The highest BCUT2D eigenvalue weighted by atomic mass is 16.5. The summed E-state index contributed by atoms with van der Waals surface area (Å²) in [5.41, 5.74) is 4.20. The van der Waals surface area contributed by atoms with Gasteiger partial charge in [0.15, 0.2) is 5.69 Å². The minimum Gasteiger partial charge on any atom is -0.476 e. The lowest BCUT2D eigenvalue weighted by Gasteiger charge is -2.22. The Morgan fingerprint density at radius 2 is 1.65 bits per heavy atom. The maximum absolute atomic E-state index is 12.9. The van der Waals surface area contributed by atoms with Gasteiger partial charge in [0.1, 0.15) is 12.6 Å². The number of anilines is 1. The van der Waals surface area contributed by atoms with E-state index in [0.717, 1.165) is 22.3 Å². The van der Waals surface area contributed by atoms with Crippen LogP contribution in [-0.4, -0.2) is 45.5 Å². The van der Waals surface area contributed by atoms with Crippen LogP contribution in [0.2, 0.25) is 0 Å². The van der Waals surface area contributed by atoms with Crippen molar-refractivity contribution in [1.29, 1.82) is 0 Å². The fraction of sp³-hybridized carbons (Fsp3) is 0.280. The van der Waals surface area contributed by atoms with Gasteiger partial charge in [-0.05, 0) is 28.2 Å². The SMILES string of the molecule is CC(C)[C@@H](NC(=O)OCC1c2ccccc2-c2ccccc21)C(=O)Nc1cn(C)nc1C(=O)O. The number of carboxylic acids is 1. The van der Waals surface area contributed by atoms with E-state index in [0.29, 0.717) is 0 Å². The minimum atomic E-state index is -1.26. The molecular formula is C25H26N4O5. The lowest BCUT2D eigenvalue weighted by Crippen LogP contribution is -2.47. The third kappa shape index (κ3) is 4.50. The first-order valence-corrected chi connectivity index (χ1v) is 11.0. The number of nitrogens with one attached hydrogen (secondary N) is 2. The van der Waals surface area contributed by atoms with E-state index in [-0.39, 0.29) is 29.8 Å². The zero-order chi connectivity index (χ0) is 24.4. The molecule has 0 unspecified atom stereocenters. The number of aromatic carboxylic acids is 1. The number of alkyl carbamates (subject to hydrolysis) is 1. The van der Waals surface area contributed by atoms with Crippen LogP contribution in [0.1, 0.15) is 41.4 Å². The molecule has 1 aromatic heterocycles. The first kappa shape index (κ1) is 23.0. The number of aryl methyl sites for hydroxylation is 1. The number of benzene rings is 2. The van der Waals surface area contributed by atoms with Gasteiger partial charge in [0, 0.05) is 19.2 Å². The van der Waals surface area contributed by atoms with Crippen molar-refractivity contribution in [2.75, 3.05) is 11.9 Å². The number of carbonyl (C=O) groups is 3. The lowest BCUT2D eigenvalue weighted by molar-refractivity contribution is -0.119. The standard InChI is InChI=1S/C25H26N4O5/c1-14(2)21(23(30)26-20-12-29(3)28-22(20)24(31)32)27-25(33)34-13-19-17-10-6-4-8-15(17)16-9-5-7-11-18(16)19/h4-12,14,19,21H,13H2,1-3H3,(H,26,30)(H,27,33)(H,31,32)/t21-/m1/s1. The molecule has 3 N–H and O–H groups in total. The summed E-state index contributed by atoms with van der Waals surface area (Å²) in [4.78, 5) is 36.9. The number of fused-ring (bicyclic) bond motifs is 3. The molecule has 0 aliphatic heterocycles. The number of nitrogens with zero attached hydrogens (tertiary/aromatic N) is 2. The molecule has 1 heterocycles. The number of carboxylic acid groups (broad SMARTS) is 1. The molecule has 0 radical (unpaired) electrons. The molecule has 1 aliphatic rings. The van der Waals surface area contributed by atoms with Crippen LogP contribution in [-0.2, 0) is 16.6 Å². The van der Waals surface area contributed by atoms with E-state index >= 15 is 0 Å². The van der Waals surface area contributed by atoms with Gasteiger partial charge in [0.25, 0.3) is 0 Å². The van der Waals surface area contributed by atoms with Gasteiger partial charge in [-0.3, -0.25) is 9.48 Å². The van der Waals surface area contributed by atoms with E-state index in [1.807, 2.05) is 36.4 Å². The first-order valence-electron chi connectivity index (χ1n) is 11.0. The van der Waals surface area contributed by atoms with Gasteiger partial charge in [-0.15, -0.1) is 0 Å². The van der Waals surface area contributed by atoms with Crippen LogP contribution >= 0.6 is 0 Å². The number of amides is 2. The Bertz CT molecular complexity index is 1200. The van der Waals surface area contributed by atoms with Crippen LogP contribution in [0.4, 0.5) is 10.5 Å². The number of carbonyl (C=O) groups excluding carboxylic acids is 2. The summed E-state index contributed by atoms with van der Waals surface area (Å²) in [7, 11) is 1.55. The second-order valence-electron chi connectivity index (χ2n) is 8.55. The molecule has 0 bridgehead atoms. The summed E-state index contributed by atoms with van der Waals surface area (Å²) in [6.07, 6.45) is 0.673. The monoisotopic (exact) mass is 462 g/mol. The maximum atomic E-state index is 12.9. The molecule has 2 aromatic carbocycles. The molecular weight excluding hydrogens is 436 g/mol. The molecule has 3 aromatic rings. The van der Waals surface area contributed by atoms with Crippen molar-refractivity contribution >= 4 is 23.7 Å². The molecule has 9 heteroatoms. The summed E-state index contributed by atoms with van der Waals surface area (Å²) in [5.74, 6) is -2.19. The van der Waals surface area contributed by atoms with E-state index in [2.05, 4.69) is 27.9 Å². The average Bonchev–Trinajstić information content (AvgIpc) is 3.33. The highest BCUT2D eigenvalue weighted by molar-refractivity contribution is 6.01. The molecule has 9 nitrogen and oxygen atoms in total. The normalized spacial score (nSPS) is 13.2. The van der Waals surface area contributed by atoms with Crippen molar-refractivity contribution in [3.8, 4) is 11.1 Å². The van der Waals surface area contributed by atoms with Gasteiger partial charge in [0.05, 0.1) is 5.69 Å². The second kappa shape index (κ2) is 9.38. The third-order valence-corrected chi connectivity index (χ3v) is 5.86. The predicted molar refractivity (Wildman–Crippen MR) is 126 cm³/mol. The van der Waals surface area contributed by atoms with E-state index in [1.165, 1.54) is 10.9 Å². The Balaban J connectivity index is 1.43. The Hall–Kier alpha value is -4.14.